The van der Waals surface area contributed by atoms with Crippen LogP contribution in [0.15, 0.2) is 78.4 Å². The Kier molecular flexibility index (Phi) is 21.8. The van der Waals surface area contributed by atoms with Gasteiger partial charge in [0.25, 0.3) is 5.91 Å². The lowest BCUT2D eigenvalue weighted by Crippen LogP contribution is -2.61. The highest BCUT2D eigenvalue weighted by Crippen LogP contribution is 2.21. The van der Waals surface area contributed by atoms with Crippen molar-refractivity contribution in [3.63, 3.8) is 0 Å². The number of amides is 3. The quantitative estimate of drug-likeness (QED) is 0.0473. The number of esters is 1. The lowest BCUT2D eigenvalue weighted by atomic mass is 9.86. The summed E-state index contributed by atoms with van der Waals surface area (Å²) in [7, 11) is 4.96. The number of ether oxygens (including phenoxy) is 1. The Morgan fingerprint density at radius 2 is 1.72 bits per heavy atom. The number of hydrogen-bond donors (Lipinski definition) is 5. The molecular weight excluding hydrogens is 743 g/mol. The number of hydrazine groups is 1. The van der Waals surface area contributed by atoms with Gasteiger partial charge in [0.15, 0.2) is 0 Å². The van der Waals surface area contributed by atoms with E-state index < -0.39 is 54.2 Å². The summed E-state index contributed by atoms with van der Waals surface area (Å²) in [4.78, 5) is 77.5. The maximum atomic E-state index is 14.0. The van der Waals surface area contributed by atoms with Gasteiger partial charge in [-0.25, -0.2) is 5.43 Å². The first-order valence-corrected chi connectivity index (χ1v) is 20.0. The summed E-state index contributed by atoms with van der Waals surface area (Å²) < 4.78 is 6.02. The summed E-state index contributed by atoms with van der Waals surface area (Å²) in [6.07, 6.45) is 10.5. The zero-order valence-electron chi connectivity index (χ0n) is 35.3. The van der Waals surface area contributed by atoms with E-state index in [1.807, 2.05) is 44.2 Å². The molecule has 6 unspecified atom stereocenters. The summed E-state index contributed by atoms with van der Waals surface area (Å²) in [6.45, 7) is 8.95. The van der Waals surface area contributed by atoms with Crippen LogP contribution in [0, 0.1) is 17.8 Å². The van der Waals surface area contributed by atoms with Crippen molar-refractivity contribution in [3.8, 4) is 0 Å². The third kappa shape index (κ3) is 16.6. The van der Waals surface area contributed by atoms with E-state index in [-0.39, 0.29) is 55.1 Å². The number of carbonyl (C=O) groups is 6. The zero-order chi connectivity index (χ0) is 43.4. The van der Waals surface area contributed by atoms with Crippen molar-refractivity contribution >= 4 is 35.8 Å². The molecule has 0 aliphatic carbocycles. The molecule has 3 amide bonds. The molecule has 2 rings (SSSR count). The lowest BCUT2D eigenvalue weighted by molar-refractivity contribution is -0.156. The molecule has 0 bridgehead atoms. The van der Waals surface area contributed by atoms with Gasteiger partial charge >= 0.3 is 5.97 Å². The van der Waals surface area contributed by atoms with E-state index >= 15 is 0 Å². The van der Waals surface area contributed by atoms with Gasteiger partial charge in [0.05, 0.1) is 18.2 Å². The van der Waals surface area contributed by atoms with E-state index in [0.717, 1.165) is 5.56 Å². The van der Waals surface area contributed by atoms with Gasteiger partial charge in [0, 0.05) is 57.8 Å². The molecule has 1 aromatic carbocycles. The summed E-state index contributed by atoms with van der Waals surface area (Å²) in [5, 5.41) is 28.7. The van der Waals surface area contributed by atoms with Crippen LogP contribution in [0.2, 0.25) is 0 Å². The number of Topliss-reactive ketones (excluding diaryl/α,β-unsaturated/α-hetero) is 1. The monoisotopic (exact) mass is 807 g/mol. The van der Waals surface area contributed by atoms with Crippen LogP contribution >= 0.6 is 0 Å². The van der Waals surface area contributed by atoms with E-state index in [0.29, 0.717) is 31.2 Å². The number of nitrogens with one attached hydrogen (secondary N) is 3. The molecule has 1 saturated heterocycles. The highest BCUT2D eigenvalue weighted by molar-refractivity contribution is 5.90. The van der Waals surface area contributed by atoms with Gasteiger partial charge in [-0.1, -0.05) is 87.6 Å². The molecule has 1 aliphatic rings. The Balaban J connectivity index is 2.23. The molecule has 1 aliphatic heterocycles. The van der Waals surface area contributed by atoms with Crippen LogP contribution in [-0.4, -0.2) is 120 Å². The van der Waals surface area contributed by atoms with Crippen molar-refractivity contribution in [2.75, 3.05) is 27.7 Å². The molecule has 5 N–H and O–H groups in total. The number of nitrogens with zero attached hydrogens (tertiary/aromatic N) is 2. The number of allylic oxidation sites excluding steroid dienone is 4. The van der Waals surface area contributed by atoms with Crippen molar-refractivity contribution in [1.29, 1.82) is 0 Å². The molecule has 0 spiro atoms. The van der Waals surface area contributed by atoms with E-state index in [9.17, 15) is 39.0 Å². The predicted octanol–water partition coefficient (Wildman–Crippen LogP) is 3.00. The molecule has 0 radical (unpaired) electrons. The van der Waals surface area contributed by atoms with Crippen LogP contribution < -0.4 is 16.1 Å². The third-order valence-electron chi connectivity index (χ3n) is 10.1. The number of likely N-dealkylation sites (N-methyl/N-ethyl adjacent to an activating group) is 2. The second kappa shape index (κ2) is 25.6. The highest BCUT2D eigenvalue weighted by atomic mass is 16.5. The molecule has 0 aromatic heterocycles. The molecule has 320 valence electrons. The van der Waals surface area contributed by atoms with E-state index in [1.54, 1.807) is 65.4 Å². The smallest absolute Gasteiger partial charge is 0.325 e. The minimum atomic E-state index is -1.15. The number of ketones is 1. The van der Waals surface area contributed by atoms with Gasteiger partial charge < -0.3 is 40.1 Å². The number of benzene rings is 1. The second-order valence-corrected chi connectivity index (χ2v) is 15.4. The molecule has 14 nitrogen and oxygen atoms in total. The number of aliphatic hydroxyl groups is 2. The van der Waals surface area contributed by atoms with Gasteiger partial charge in [-0.3, -0.25) is 24.2 Å². The van der Waals surface area contributed by atoms with Crippen LogP contribution in [0.25, 0.3) is 0 Å². The standard InChI is InChI=1S/C44H65N5O9/c1-29(2)40(45-6)42(55)46-36(27-33-18-11-9-12-19-33)43(56)49-26-16-20-35(47-49)44(57)58-38(30(3)17-15-23-39(53)48(7)8)22-14-10-13-21-37(52)32(5)41(54)34(28-50)25-24-31(4)51/h9-15,17-19,21,23,28-29,32,34-38,40-41,45,47,52,54H,16,20,22,24-27H2,1-8H3,(H,46,55)/b14-10+,21-13+,23-15+,30-17+/t32?,34?,35?,36?,37-,38-,40?,41?/m0/s1. The Morgan fingerprint density at radius 1 is 1.03 bits per heavy atom. The van der Waals surface area contributed by atoms with E-state index in [4.69, 9.17) is 4.74 Å². The minimum absolute atomic E-state index is 0.0216. The van der Waals surface area contributed by atoms with Crippen molar-refractivity contribution in [3.05, 3.63) is 84.0 Å². The number of carbonyl (C=O) groups excluding carboxylic acids is 6. The fourth-order valence-corrected chi connectivity index (χ4v) is 6.38. The summed E-state index contributed by atoms with van der Waals surface area (Å²) in [5.74, 6) is -3.07. The molecule has 14 heteroatoms. The summed E-state index contributed by atoms with van der Waals surface area (Å²) >= 11 is 0. The second-order valence-electron chi connectivity index (χ2n) is 15.4. The van der Waals surface area contributed by atoms with Crippen molar-refractivity contribution in [2.24, 2.45) is 17.8 Å². The fourth-order valence-electron chi connectivity index (χ4n) is 6.38. The van der Waals surface area contributed by atoms with Crippen molar-refractivity contribution in [1.82, 2.24) is 26.0 Å². The van der Waals surface area contributed by atoms with Gasteiger partial charge in [0.1, 0.15) is 30.3 Å². The Labute approximate surface area is 343 Å². The van der Waals surface area contributed by atoms with Crippen molar-refractivity contribution in [2.45, 2.75) is 110 Å². The first-order valence-electron chi connectivity index (χ1n) is 20.0. The number of rotatable bonds is 23. The third-order valence-corrected chi connectivity index (χ3v) is 10.1. The first-order chi connectivity index (χ1) is 27.5. The Morgan fingerprint density at radius 3 is 2.33 bits per heavy atom. The maximum Gasteiger partial charge on any atom is 0.325 e. The summed E-state index contributed by atoms with van der Waals surface area (Å²) in [6, 6.07) is 7.11. The normalized spacial score (nSPS) is 18.7. The van der Waals surface area contributed by atoms with Crippen molar-refractivity contribution < 1.29 is 43.7 Å². The molecular formula is C44H65N5O9. The average Bonchev–Trinajstić information content (AvgIpc) is 3.19. The molecule has 1 fully saturated rings. The number of aliphatic hydroxyl groups excluding tert-OH is 2. The van der Waals surface area contributed by atoms with Crippen LogP contribution in [0.4, 0.5) is 0 Å². The van der Waals surface area contributed by atoms with Gasteiger partial charge in [-0.2, -0.15) is 0 Å². The lowest BCUT2D eigenvalue weighted by Gasteiger charge is -2.36. The largest absolute Gasteiger partial charge is 0.456 e. The van der Waals surface area contributed by atoms with Crippen LogP contribution in [0.1, 0.15) is 72.3 Å². The number of hydrogen-bond acceptors (Lipinski definition) is 11. The van der Waals surface area contributed by atoms with E-state index in [2.05, 4.69) is 16.1 Å². The summed E-state index contributed by atoms with van der Waals surface area (Å²) in [5.41, 5.74) is 4.56. The van der Waals surface area contributed by atoms with E-state index in [1.165, 1.54) is 29.0 Å². The fraction of sp³-hybridized carbons (Fsp3) is 0.545. The highest BCUT2D eigenvalue weighted by Gasteiger charge is 2.35. The maximum absolute atomic E-state index is 14.0. The van der Waals surface area contributed by atoms with Gasteiger partial charge in [-0.05, 0) is 57.2 Å². The SMILES string of the molecule is CNC(C(=O)NC(Cc1ccccc1)C(=O)N1CCCC(C(=O)O[C@@H](C/C=C/C=C/[C@H](O)C(C)C(O)C(C=O)CCC(C)=O)/C(C)=C/C=C/C(=O)N(C)C)N1)C(C)C. The average molecular weight is 808 g/mol. The molecule has 8 atom stereocenters. The van der Waals surface area contributed by atoms with Gasteiger partial charge in [-0.15, -0.1) is 0 Å². The predicted molar refractivity (Wildman–Crippen MR) is 223 cm³/mol. The topological polar surface area (TPSA) is 195 Å². The van der Waals surface area contributed by atoms with Gasteiger partial charge in [0.2, 0.25) is 11.8 Å². The first kappa shape index (κ1) is 49.4. The van der Waals surface area contributed by atoms with Crippen LogP contribution in [-0.2, 0) is 39.9 Å². The molecule has 1 aromatic rings. The molecule has 58 heavy (non-hydrogen) atoms. The van der Waals surface area contributed by atoms with Crippen LogP contribution in [0.5, 0.6) is 0 Å². The Bertz CT molecular complexity index is 1620. The van der Waals surface area contributed by atoms with Crippen LogP contribution in [0.3, 0.4) is 0 Å². The number of aldehydes is 1. The zero-order valence-corrected chi connectivity index (χ0v) is 35.3. The minimum Gasteiger partial charge on any atom is -0.456 e. The molecule has 1 heterocycles. The molecule has 0 saturated carbocycles. The Hall–Kier alpha value is -4.76.